The van der Waals surface area contributed by atoms with E-state index < -0.39 is 6.10 Å². The quantitative estimate of drug-likeness (QED) is 0.216. The highest BCUT2D eigenvalue weighted by Crippen LogP contribution is 2.30. The molecule has 8 heteroatoms. The zero-order chi connectivity index (χ0) is 21.6. The monoisotopic (exact) mass is 426 g/mol. The zero-order valence-electron chi connectivity index (χ0n) is 18.0. The van der Waals surface area contributed by atoms with E-state index in [0.717, 1.165) is 32.1 Å². The van der Waals surface area contributed by atoms with Crippen molar-refractivity contribution in [3.8, 4) is 0 Å². The number of aldehydes is 1. The van der Waals surface area contributed by atoms with Crippen LogP contribution in [0.15, 0.2) is 5.38 Å². The molecule has 0 N–H and O–H groups in total. The summed E-state index contributed by atoms with van der Waals surface area (Å²) in [6.07, 6.45) is 5.49. The molecule has 2 unspecified atom stereocenters. The molecule has 164 valence electrons. The first-order chi connectivity index (χ1) is 14.0. The normalized spacial score (nSPS) is 13.1. The molecule has 1 aromatic rings. The van der Waals surface area contributed by atoms with Gasteiger partial charge in [-0.15, -0.1) is 11.3 Å². The van der Waals surface area contributed by atoms with Crippen LogP contribution in [0.25, 0.3) is 0 Å². The van der Waals surface area contributed by atoms with Crippen molar-refractivity contribution in [2.24, 2.45) is 5.92 Å². The van der Waals surface area contributed by atoms with E-state index in [2.05, 4.69) is 11.9 Å². The van der Waals surface area contributed by atoms with Crippen molar-refractivity contribution in [2.45, 2.75) is 84.8 Å². The molecular weight excluding hydrogens is 392 g/mol. The van der Waals surface area contributed by atoms with Gasteiger partial charge in [0.25, 0.3) is 6.47 Å². The molecule has 7 nitrogen and oxygen atoms in total. The molecule has 0 aliphatic carbocycles. The number of hydrogen-bond acceptors (Lipinski definition) is 7. The molecule has 0 aliphatic heterocycles. The number of carbonyl (C=O) groups excluding carboxylic acids is 3. The Kier molecular flexibility index (Phi) is 12.4. The number of unbranched alkanes of at least 4 members (excludes halogenated alkanes) is 3. The standard InChI is InChI=1S/C21H34N2O5S/c1-5-7-9-11-28-23(20(26)10-8-6-2)18(16(3)4)12-19(27-15-25)21-22-17(13-24)14-29-21/h13-16,18-19H,5-12H2,1-4H3. The molecule has 0 aliphatic rings. The van der Waals surface area contributed by atoms with E-state index in [1.54, 1.807) is 5.38 Å². The van der Waals surface area contributed by atoms with Gasteiger partial charge >= 0.3 is 0 Å². The minimum absolute atomic E-state index is 0.0559. The Morgan fingerprint density at radius 2 is 1.93 bits per heavy atom. The van der Waals surface area contributed by atoms with E-state index in [4.69, 9.17) is 9.57 Å². The molecule has 0 bridgehead atoms. The Bertz CT molecular complexity index is 620. The van der Waals surface area contributed by atoms with Crippen molar-refractivity contribution < 1.29 is 24.0 Å². The molecule has 0 saturated carbocycles. The fraction of sp³-hybridized carbons (Fsp3) is 0.714. The van der Waals surface area contributed by atoms with E-state index in [-0.39, 0.29) is 17.9 Å². The highest BCUT2D eigenvalue weighted by atomic mass is 32.1. The summed E-state index contributed by atoms with van der Waals surface area (Å²) in [4.78, 5) is 45.1. The molecule has 0 radical (unpaired) electrons. The Morgan fingerprint density at radius 3 is 2.48 bits per heavy atom. The lowest BCUT2D eigenvalue weighted by atomic mass is 9.97. The van der Waals surface area contributed by atoms with Gasteiger partial charge in [-0.3, -0.25) is 19.2 Å². The van der Waals surface area contributed by atoms with Crippen molar-refractivity contribution in [1.82, 2.24) is 10.0 Å². The average Bonchev–Trinajstić information content (AvgIpc) is 3.19. The van der Waals surface area contributed by atoms with Crippen molar-refractivity contribution in [1.29, 1.82) is 0 Å². The van der Waals surface area contributed by atoms with Crippen molar-refractivity contribution >= 4 is 30.0 Å². The molecule has 1 amide bonds. The summed E-state index contributed by atoms with van der Waals surface area (Å²) in [5, 5.41) is 3.65. The highest BCUT2D eigenvalue weighted by molar-refractivity contribution is 7.09. The Hall–Kier alpha value is -1.80. The molecule has 0 fully saturated rings. The predicted molar refractivity (Wildman–Crippen MR) is 112 cm³/mol. The number of hydrogen-bond donors (Lipinski definition) is 0. The minimum Gasteiger partial charge on any atom is -0.457 e. The van der Waals surface area contributed by atoms with Gasteiger partial charge in [0.2, 0.25) is 5.91 Å². The lowest BCUT2D eigenvalue weighted by Crippen LogP contribution is -2.44. The summed E-state index contributed by atoms with van der Waals surface area (Å²) in [5.74, 6) is 0.0228. The second-order valence-corrected chi connectivity index (χ2v) is 8.25. The summed E-state index contributed by atoms with van der Waals surface area (Å²) < 4.78 is 5.28. The largest absolute Gasteiger partial charge is 0.457 e. The van der Waals surface area contributed by atoms with Crippen molar-refractivity contribution in [3.05, 3.63) is 16.1 Å². The lowest BCUT2D eigenvalue weighted by Gasteiger charge is -2.35. The van der Waals surface area contributed by atoms with Gasteiger partial charge in [-0.05, 0) is 18.8 Å². The van der Waals surface area contributed by atoms with Crippen LogP contribution >= 0.6 is 11.3 Å². The summed E-state index contributed by atoms with van der Waals surface area (Å²) in [6.45, 7) is 9.04. The molecular formula is C21H34N2O5S. The third-order valence-corrected chi connectivity index (χ3v) is 5.61. The fourth-order valence-electron chi connectivity index (χ4n) is 2.95. The van der Waals surface area contributed by atoms with Gasteiger partial charge in [0, 0.05) is 18.2 Å². The smallest absolute Gasteiger partial charge is 0.293 e. The van der Waals surface area contributed by atoms with Gasteiger partial charge in [0.05, 0.1) is 12.6 Å². The summed E-state index contributed by atoms with van der Waals surface area (Å²) in [5.41, 5.74) is 0.303. The van der Waals surface area contributed by atoms with Crippen LogP contribution in [0.3, 0.4) is 0 Å². The SMILES string of the molecule is CCCCCON(C(=O)CCCC)C(CC(OC=O)c1nc(C=O)cs1)C(C)C. The van der Waals surface area contributed by atoms with E-state index in [9.17, 15) is 14.4 Å². The molecule has 1 aromatic heterocycles. The van der Waals surface area contributed by atoms with Crippen molar-refractivity contribution in [2.75, 3.05) is 6.61 Å². The first kappa shape index (κ1) is 25.2. The van der Waals surface area contributed by atoms with Crippen LogP contribution in [0.4, 0.5) is 0 Å². The molecule has 0 saturated heterocycles. The topological polar surface area (TPSA) is 85.8 Å². The highest BCUT2D eigenvalue weighted by Gasteiger charge is 2.32. The molecule has 1 rings (SSSR count). The number of ether oxygens (including phenoxy) is 1. The van der Waals surface area contributed by atoms with Crippen molar-refractivity contribution in [3.63, 3.8) is 0 Å². The molecule has 1 heterocycles. The maximum Gasteiger partial charge on any atom is 0.293 e. The zero-order valence-corrected chi connectivity index (χ0v) is 18.8. The Balaban J connectivity index is 3.03. The lowest BCUT2D eigenvalue weighted by molar-refractivity contribution is -0.210. The van der Waals surface area contributed by atoms with Gasteiger partial charge in [0.1, 0.15) is 10.7 Å². The van der Waals surface area contributed by atoms with Crippen LogP contribution in [0.1, 0.15) is 94.2 Å². The van der Waals surface area contributed by atoms with Crippen LogP contribution in [0.5, 0.6) is 0 Å². The van der Waals surface area contributed by atoms with Crippen LogP contribution in [-0.2, 0) is 19.2 Å². The summed E-state index contributed by atoms with van der Waals surface area (Å²) >= 11 is 1.26. The van der Waals surface area contributed by atoms with Gasteiger partial charge in [-0.25, -0.2) is 10.0 Å². The number of thiazole rings is 1. The number of rotatable bonds is 16. The van der Waals surface area contributed by atoms with E-state index in [1.165, 1.54) is 16.4 Å². The second-order valence-electron chi connectivity index (χ2n) is 7.36. The summed E-state index contributed by atoms with van der Waals surface area (Å²) in [6, 6.07) is -0.283. The predicted octanol–water partition coefficient (Wildman–Crippen LogP) is 4.73. The molecule has 0 aromatic carbocycles. The summed E-state index contributed by atoms with van der Waals surface area (Å²) in [7, 11) is 0. The fourth-order valence-corrected chi connectivity index (χ4v) is 3.76. The number of nitrogens with zero attached hydrogens (tertiary/aromatic N) is 2. The van der Waals surface area contributed by atoms with Crippen LogP contribution in [0.2, 0.25) is 0 Å². The third kappa shape index (κ3) is 8.62. The Labute approximate surface area is 177 Å². The third-order valence-electron chi connectivity index (χ3n) is 4.65. The number of carbonyl (C=O) groups is 3. The molecule has 2 atom stereocenters. The maximum atomic E-state index is 12.9. The van der Waals surface area contributed by atoms with Gasteiger partial charge in [-0.1, -0.05) is 47.0 Å². The minimum atomic E-state index is -0.640. The second kappa shape index (κ2) is 14.2. The van der Waals surface area contributed by atoms with E-state index in [0.29, 0.717) is 42.9 Å². The van der Waals surface area contributed by atoms with E-state index >= 15 is 0 Å². The first-order valence-electron chi connectivity index (χ1n) is 10.4. The first-order valence-corrected chi connectivity index (χ1v) is 11.3. The van der Waals surface area contributed by atoms with Crippen LogP contribution < -0.4 is 0 Å². The van der Waals surface area contributed by atoms with Gasteiger partial charge < -0.3 is 4.74 Å². The van der Waals surface area contributed by atoms with E-state index in [1.807, 2.05) is 20.8 Å². The number of hydroxylamine groups is 2. The Morgan fingerprint density at radius 1 is 1.21 bits per heavy atom. The maximum absolute atomic E-state index is 12.9. The van der Waals surface area contributed by atoms with Crippen LogP contribution in [-0.4, -0.2) is 41.4 Å². The molecule has 0 spiro atoms. The number of aromatic nitrogens is 1. The van der Waals surface area contributed by atoms with Crippen LogP contribution in [0, 0.1) is 5.92 Å². The number of amides is 1. The average molecular weight is 427 g/mol. The van der Waals surface area contributed by atoms with Gasteiger partial charge in [0.15, 0.2) is 12.4 Å². The molecule has 29 heavy (non-hydrogen) atoms. The van der Waals surface area contributed by atoms with Gasteiger partial charge in [-0.2, -0.15) is 0 Å².